The molecule has 2 rings (SSSR count). The fourth-order valence-electron chi connectivity index (χ4n) is 2.25. The van der Waals surface area contributed by atoms with E-state index in [1.54, 1.807) is 45.3 Å². The number of aliphatic carboxylic acids is 1. The number of amides is 1. The molecule has 2 heterocycles. The van der Waals surface area contributed by atoms with Crippen LogP contribution in [-0.2, 0) is 9.53 Å². The molecule has 1 amide bonds. The van der Waals surface area contributed by atoms with Gasteiger partial charge in [0.2, 0.25) is 0 Å². The SMILES string of the molecule is CC(C)(C)OC(=O)N1CC(Oc2cccnc2)CC1C(=O)O. The number of nitrogens with zero attached hydrogens (tertiary/aromatic N) is 2. The number of ether oxygens (including phenoxy) is 2. The van der Waals surface area contributed by atoms with E-state index in [0.717, 1.165) is 0 Å². The first-order valence-corrected chi connectivity index (χ1v) is 7.05. The first-order chi connectivity index (χ1) is 10.3. The molecule has 1 saturated heterocycles. The van der Waals surface area contributed by atoms with Crippen molar-refractivity contribution in [2.75, 3.05) is 6.54 Å². The second-order valence-corrected chi connectivity index (χ2v) is 6.15. The Balaban J connectivity index is 2.06. The number of rotatable bonds is 3. The van der Waals surface area contributed by atoms with Gasteiger partial charge in [0.25, 0.3) is 0 Å². The maximum atomic E-state index is 12.1. The van der Waals surface area contributed by atoms with Gasteiger partial charge in [-0.2, -0.15) is 0 Å². The van der Waals surface area contributed by atoms with Gasteiger partial charge in [0.05, 0.1) is 12.7 Å². The number of carbonyl (C=O) groups is 2. The van der Waals surface area contributed by atoms with E-state index in [9.17, 15) is 14.7 Å². The van der Waals surface area contributed by atoms with Gasteiger partial charge in [-0.25, -0.2) is 9.59 Å². The normalized spacial score (nSPS) is 21.5. The third-order valence-electron chi connectivity index (χ3n) is 3.11. The fraction of sp³-hybridized carbons (Fsp3) is 0.533. The molecule has 7 heteroatoms. The molecule has 1 fully saturated rings. The summed E-state index contributed by atoms with van der Waals surface area (Å²) in [6.07, 6.45) is 2.33. The van der Waals surface area contributed by atoms with Crippen molar-refractivity contribution in [1.29, 1.82) is 0 Å². The summed E-state index contributed by atoms with van der Waals surface area (Å²) in [6.45, 7) is 5.38. The van der Waals surface area contributed by atoms with Crippen LogP contribution in [0.1, 0.15) is 27.2 Å². The molecule has 22 heavy (non-hydrogen) atoms. The number of carboxylic acids is 1. The molecule has 1 aromatic rings. The lowest BCUT2D eigenvalue weighted by molar-refractivity contribution is -0.142. The number of likely N-dealkylation sites (tertiary alicyclic amines) is 1. The van der Waals surface area contributed by atoms with Gasteiger partial charge in [-0.15, -0.1) is 0 Å². The number of pyridine rings is 1. The van der Waals surface area contributed by atoms with Gasteiger partial charge in [-0.1, -0.05) is 0 Å². The Morgan fingerprint density at radius 2 is 2.14 bits per heavy atom. The Hall–Kier alpha value is -2.31. The minimum absolute atomic E-state index is 0.167. The van der Waals surface area contributed by atoms with Crippen molar-refractivity contribution >= 4 is 12.1 Å². The average molecular weight is 308 g/mol. The van der Waals surface area contributed by atoms with Gasteiger partial charge < -0.3 is 14.6 Å². The van der Waals surface area contributed by atoms with Gasteiger partial charge >= 0.3 is 12.1 Å². The van der Waals surface area contributed by atoms with E-state index in [0.29, 0.717) is 5.75 Å². The van der Waals surface area contributed by atoms with Crippen LogP contribution in [0.2, 0.25) is 0 Å². The number of carbonyl (C=O) groups excluding carboxylic acids is 1. The second kappa shape index (κ2) is 6.21. The number of carboxylic acid groups (broad SMARTS) is 1. The van der Waals surface area contributed by atoms with Crippen LogP contribution < -0.4 is 4.74 Å². The zero-order valence-corrected chi connectivity index (χ0v) is 12.9. The topological polar surface area (TPSA) is 89.0 Å². The number of hydrogen-bond donors (Lipinski definition) is 1. The largest absolute Gasteiger partial charge is 0.487 e. The standard InChI is InChI=1S/C15H20N2O5/c1-15(2,3)22-14(20)17-9-11(7-12(17)13(18)19)21-10-5-4-6-16-8-10/h4-6,8,11-12H,7,9H2,1-3H3,(H,18,19). The number of aromatic nitrogens is 1. The molecule has 7 nitrogen and oxygen atoms in total. The molecule has 0 bridgehead atoms. The molecule has 1 aromatic heterocycles. The second-order valence-electron chi connectivity index (χ2n) is 6.15. The average Bonchev–Trinajstić information content (AvgIpc) is 2.82. The first-order valence-electron chi connectivity index (χ1n) is 7.05. The Kier molecular flexibility index (Phi) is 4.54. The molecule has 0 saturated carbocycles. The molecule has 2 atom stereocenters. The summed E-state index contributed by atoms with van der Waals surface area (Å²) in [5.74, 6) is -0.522. The summed E-state index contributed by atoms with van der Waals surface area (Å²) < 4.78 is 10.9. The third-order valence-corrected chi connectivity index (χ3v) is 3.11. The predicted octanol–water partition coefficient (Wildman–Crippen LogP) is 1.92. The van der Waals surface area contributed by atoms with Crippen molar-refractivity contribution in [2.45, 2.75) is 44.9 Å². The van der Waals surface area contributed by atoms with Gasteiger partial charge in [0.15, 0.2) is 0 Å². The van der Waals surface area contributed by atoms with Crippen LogP contribution in [0.15, 0.2) is 24.5 Å². The summed E-state index contributed by atoms with van der Waals surface area (Å²) in [7, 11) is 0. The van der Waals surface area contributed by atoms with E-state index < -0.39 is 29.8 Å². The van der Waals surface area contributed by atoms with Crippen LogP contribution in [0.4, 0.5) is 4.79 Å². The minimum atomic E-state index is -1.07. The zero-order valence-electron chi connectivity index (χ0n) is 12.9. The third kappa shape index (κ3) is 4.09. The van der Waals surface area contributed by atoms with E-state index in [-0.39, 0.29) is 13.0 Å². The van der Waals surface area contributed by atoms with Crippen LogP contribution in [0, 0.1) is 0 Å². The fourth-order valence-corrected chi connectivity index (χ4v) is 2.25. The molecule has 2 unspecified atom stereocenters. The van der Waals surface area contributed by atoms with E-state index in [4.69, 9.17) is 9.47 Å². The van der Waals surface area contributed by atoms with Crippen LogP contribution in [0.25, 0.3) is 0 Å². The maximum absolute atomic E-state index is 12.1. The van der Waals surface area contributed by atoms with E-state index in [1.807, 2.05) is 0 Å². The molecule has 1 aliphatic heterocycles. The first kappa shape index (κ1) is 16.1. The van der Waals surface area contributed by atoms with Gasteiger partial charge in [0, 0.05) is 12.6 Å². The molecular weight excluding hydrogens is 288 g/mol. The van der Waals surface area contributed by atoms with Crippen molar-refractivity contribution < 1.29 is 24.2 Å². The molecular formula is C15H20N2O5. The minimum Gasteiger partial charge on any atom is -0.487 e. The molecule has 0 radical (unpaired) electrons. The summed E-state index contributed by atoms with van der Waals surface area (Å²) >= 11 is 0. The highest BCUT2D eigenvalue weighted by molar-refractivity contribution is 5.81. The summed E-state index contributed by atoms with van der Waals surface area (Å²) in [6, 6.07) is 2.51. The monoisotopic (exact) mass is 308 g/mol. The van der Waals surface area contributed by atoms with Crippen LogP contribution in [0.5, 0.6) is 5.75 Å². The lowest BCUT2D eigenvalue weighted by Gasteiger charge is -2.26. The van der Waals surface area contributed by atoms with E-state index >= 15 is 0 Å². The Labute approximate surface area is 128 Å². The summed E-state index contributed by atoms with van der Waals surface area (Å²) in [5, 5.41) is 9.30. The molecule has 0 aliphatic carbocycles. The van der Waals surface area contributed by atoms with Crippen molar-refractivity contribution in [1.82, 2.24) is 9.88 Å². The van der Waals surface area contributed by atoms with Crippen molar-refractivity contribution in [2.24, 2.45) is 0 Å². The predicted molar refractivity (Wildman–Crippen MR) is 77.6 cm³/mol. The lowest BCUT2D eigenvalue weighted by atomic mass is 10.2. The quantitative estimate of drug-likeness (QED) is 0.917. The van der Waals surface area contributed by atoms with E-state index in [2.05, 4.69) is 4.98 Å². The van der Waals surface area contributed by atoms with Crippen LogP contribution in [0.3, 0.4) is 0 Å². The molecule has 0 aromatic carbocycles. The van der Waals surface area contributed by atoms with Gasteiger partial charge in [0.1, 0.15) is 23.5 Å². The number of hydrogen-bond acceptors (Lipinski definition) is 5. The smallest absolute Gasteiger partial charge is 0.411 e. The molecule has 1 N–H and O–H groups in total. The lowest BCUT2D eigenvalue weighted by Crippen LogP contribution is -2.43. The van der Waals surface area contributed by atoms with Crippen LogP contribution in [-0.4, -0.2) is 51.3 Å². The van der Waals surface area contributed by atoms with Crippen molar-refractivity contribution in [3.8, 4) is 5.75 Å². The highest BCUT2D eigenvalue weighted by Gasteiger charge is 2.42. The summed E-state index contributed by atoms with van der Waals surface area (Å²) in [4.78, 5) is 28.6. The van der Waals surface area contributed by atoms with E-state index in [1.165, 1.54) is 4.90 Å². The molecule has 0 spiro atoms. The highest BCUT2D eigenvalue weighted by Crippen LogP contribution is 2.25. The highest BCUT2D eigenvalue weighted by atomic mass is 16.6. The Morgan fingerprint density at radius 1 is 1.41 bits per heavy atom. The van der Waals surface area contributed by atoms with Crippen molar-refractivity contribution in [3.05, 3.63) is 24.5 Å². The van der Waals surface area contributed by atoms with Crippen LogP contribution >= 0.6 is 0 Å². The zero-order chi connectivity index (χ0) is 16.3. The Bertz CT molecular complexity index is 541. The summed E-state index contributed by atoms with van der Waals surface area (Å²) in [5.41, 5.74) is -0.678. The Morgan fingerprint density at radius 3 is 2.68 bits per heavy atom. The molecule has 1 aliphatic rings. The van der Waals surface area contributed by atoms with Crippen molar-refractivity contribution in [3.63, 3.8) is 0 Å². The van der Waals surface area contributed by atoms with Gasteiger partial charge in [-0.3, -0.25) is 9.88 Å². The molecule has 120 valence electrons. The maximum Gasteiger partial charge on any atom is 0.411 e. The van der Waals surface area contributed by atoms with Gasteiger partial charge in [-0.05, 0) is 32.9 Å².